The van der Waals surface area contributed by atoms with Crippen molar-refractivity contribution in [3.05, 3.63) is 12.4 Å². The van der Waals surface area contributed by atoms with Crippen molar-refractivity contribution in [1.82, 2.24) is 19.5 Å². The average Bonchev–Trinajstić information content (AvgIpc) is 3.07. The molecule has 2 aromatic heterocycles. The number of nitrogens with one attached hydrogen (secondary N) is 1. The molecular formula is C13H13F2N5O3. The number of aliphatic hydroxyl groups excluding tert-OH is 2. The second kappa shape index (κ2) is 5.38. The second-order valence-electron chi connectivity index (χ2n) is 4.98. The van der Waals surface area contributed by atoms with Gasteiger partial charge in [0.05, 0.1) is 12.9 Å². The topological polar surface area (TPSA) is 105 Å². The molecule has 1 aliphatic rings. The monoisotopic (exact) mass is 325 g/mol. The fourth-order valence-corrected chi connectivity index (χ4v) is 2.56. The molecule has 2 aromatic rings. The number of rotatable bonds is 3. The van der Waals surface area contributed by atoms with Gasteiger partial charge in [-0.2, -0.15) is 14.4 Å². The Bertz CT molecular complexity index is 792. The molecule has 3 rings (SSSR count). The summed E-state index contributed by atoms with van der Waals surface area (Å²) in [5.74, 6) is 1.95. The van der Waals surface area contributed by atoms with Gasteiger partial charge in [-0.15, -0.1) is 6.42 Å². The van der Waals surface area contributed by atoms with Gasteiger partial charge >= 0.3 is 6.08 Å². The van der Waals surface area contributed by atoms with Crippen LogP contribution in [0.3, 0.4) is 0 Å². The molecule has 1 saturated heterocycles. The number of halogens is 2. The lowest BCUT2D eigenvalue weighted by Crippen LogP contribution is -2.42. The van der Waals surface area contributed by atoms with Gasteiger partial charge in [0.2, 0.25) is 5.67 Å². The minimum Gasteiger partial charge on any atom is -0.394 e. The highest BCUT2D eigenvalue weighted by Gasteiger charge is 2.57. The van der Waals surface area contributed by atoms with Gasteiger partial charge in [-0.05, 0) is 0 Å². The number of imidazole rings is 1. The van der Waals surface area contributed by atoms with Crippen molar-refractivity contribution >= 4 is 17.0 Å². The number of nitrogens with zero attached hydrogens (tertiary/aromatic N) is 4. The molecule has 0 spiro atoms. The molecule has 0 bridgehead atoms. The fourth-order valence-electron chi connectivity index (χ4n) is 2.56. The third kappa shape index (κ3) is 2.13. The Balaban J connectivity index is 2.17. The van der Waals surface area contributed by atoms with E-state index >= 15 is 0 Å². The highest BCUT2D eigenvalue weighted by molar-refractivity contribution is 5.82. The van der Waals surface area contributed by atoms with Crippen LogP contribution in [0.15, 0.2) is 6.33 Å². The lowest BCUT2D eigenvalue weighted by molar-refractivity contribution is -0.0504. The van der Waals surface area contributed by atoms with Crippen LogP contribution in [-0.2, 0) is 4.74 Å². The summed E-state index contributed by atoms with van der Waals surface area (Å²) in [5.41, 5.74) is -2.52. The summed E-state index contributed by atoms with van der Waals surface area (Å²) >= 11 is 0. The molecule has 0 radical (unpaired) electrons. The maximum Gasteiger partial charge on any atom is 0.312 e. The van der Waals surface area contributed by atoms with Gasteiger partial charge in [0.25, 0.3) is 0 Å². The predicted molar refractivity (Wildman–Crippen MR) is 74.5 cm³/mol. The van der Waals surface area contributed by atoms with Crippen molar-refractivity contribution in [3.63, 3.8) is 0 Å². The van der Waals surface area contributed by atoms with E-state index in [0.717, 1.165) is 10.9 Å². The first kappa shape index (κ1) is 15.5. The number of terminal acetylenes is 1. The molecule has 0 saturated carbocycles. The maximum absolute atomic E-state index is 15.0. The number of hydrogen-bond acceptors (Lipinski definition) is 7. The lowest BCUT2D eigenvalue weighted by atomic mass is 9.97. The molecule has 1 fully saturated rings. The Hall–Kier alpha value is -2.35. The van der Waals surface area contributed by atoms with Crippen LogP contribution in [0, 0.1) is 18.4 Å². The third-order valence-corrected chi connectivity index (χ3v) is 3.73. The third-order valence-electron chi connectivity index (χ3n) is 3.73. The van der Waals surface area contributed by atoms with Gasteiger partial charge in [-0.25, -0.2) is 9.37 Å². The van der Waals surface area contributed by atoms with Gasteiger partial charge in [-0.1, -0.05) is 5.92 Å². The van der Waals surface area contributed by atoms with Crippen LogP contribution in [0.2, 0.25) is 0 Å². The lowest BCUT2D eigenvalue weighted by Gasteiger charge is -2.23. The summed E-state index contributed by atoms with van der Waals surface area (Å²) in [6.45, 7) is -0.636. The van der Waals surface area contributed by atoms with Crippen molar-refractivity contribution in [2.45, 2.75) is 24.1 Å². The smallest absolute Gasteiger partial charge is 0.312 e. The molecule has 122 valence electrons. The van der Waals surface area contributed by atoms with E-state index in [1.807, 2.05) is 5.92 Å². The van der Waals surface area contributed by atoms with Crippen LogP contribution in [0.5, 0.6) is 0 Å². The molecule has 0 unspecified atom stereocenters. The highest BCUT2D eigenvalue weighted by Crippen LogP contribution is 2.42. The Morgan fingerprint density at radius 2 is 2.30 bits per heavy atom. The standard InChI is InChI=1S/C13H13F2N5O3/c1-3-13(15)8(22)6(4-21)23-11(13)20-5-17-7-9(16-2)18-12(14)19-10(7)20/h1,5-6,8,11,21-22H,4H2,2H3,(H,16,18,19)/t6-,8-,11-,13-/m1/s1. The number of anilines is 1. The fraction of sp³-hybridized carbons (Fsp3) is 0.462. The Morgan fingerprint density at radius 1 is 1.57 bits per heavy atom. The quantitative estimate of drug-likeness (QED) is 0.521. The number of fused-ring (bicyclic) bond motifs is 1. The van der Waals surface area contributed by atoms with E-state index in [4.69, 9.17) is 11.2 Å². The van der Waals surface area contributed by atoms with Crippen LogP contribution >= 0.6 is 0 Å². The van der Waals surface area contributed by atoms with E-state index < -0.39 is 36.8 Å². The molecule has 0 aliphatic carbocycles. The summed E-state index contributed by atoms with van der Waals surface area (Å²) in [6.07, 6.45) is 0.801. The molecule has 0 amide bonds. The molecule has 4 atom stereocenters. The molecule has 10 heteroatoms. The van der Waals surface area contributed by atoms with Crippen LogP contribution in [0.4, 0.5) is 14.6 Å². The number of hydrogen-bond donors (Lipinski definition) is 3. The summed E-state index contributed by atoms with van der Waals surface area (Å²) in [5, 5.41) is 21.8. The van der Waals surface area contributed by atoms with E-state index in [0.29, 0.717) is 0 Å². The zero-order valence-corrected chi connectivity index (χ0v) is 11.9. The number of alkyl halides is 1. The van der Waals surface area contributed by atoms with Gasteiger partial charge < -0.3 is 20.3 Å². The molecule has 1 aliphatic heterocycles. The van der Waals surface area contributed by atoms with E-state index in [2.05, 4.69) is 20.3 Å². The summed E-state index contributed by atoms with van der Waals surface area (Å²) in [7, 11) is 1.51. The molecule has 3 N–H and O–H groups in total. The first-order chi connectivity index (χ1) is 11.0. The van der Waals surface area contributed by atoms with Crippen LogP contribution in [0.25, 0.3) is 11.2 Å². The highest BCUT2D eigenvalue weighted by atomic mass is 19.1. The van der Waals surface area contributed by atoms with Crippen molar-refractivity contribution in [3.8, 4) is 12.3 Å². The number of aliphatic hydroxyl groups is 2. The summed E-state index contributed by atoms with van der Waals surface area (Å²) in [6, 6.07) is 0. The average molecular weight is 325 g/mol. The van der Waals surface area contributed by atoms with Crippen LogP contribution in [-0.4, -0.2) is 61.3 Å². The molecule has 0 aromatic carbocycles. The first-order valence-electron chi connectivity index (χ1n) is 6.65. The van der Waals surface area contributed by atoms with Crippen molar-refractivity contribution in [1.29, 1.82) is 0 Å². The maximum atomic E-state index is 15.0. The second-order valence-corrected chi connectivity index (χ2v) is 4.98. The SMILES string of the molecule is C#C[C@@]1(F)[C@H](O)[C@@H](CO)O[C@H]1n1cnc2c(NC)nc(F)nc21. The van der Waals surface area contributed by atoms with Gasteiger partial charge in [0.15, 0.2) is 23.2 Å². The molecule has 23 heavy (non-hydrogen) atoms. The number of ether oxygens (including phenoxy) is 1. The van der Waals surface area contributed by atoms with Gasteiger partial charge in [0, 0.05) is 7.05 Å². The zero-order chi connectivity index (χ0) is 16.8. The normalized spacial score (nSPS) is 30.5. The Morgan fingerprint density at radius 3 is 2.91 bits per heavy atom. The Kier molecular flexibility index (Phi) is 3.63. The van der Waals surface area contributed by atoms with E-state index in [-0.39, 0.29) is 17.0 Å². The summed E-state index contributed by atoms with van der Waals surface area (Å²) in [4.78, 5) is 11.1. The van der Waals surface area contributed by atoms with Crippen molar-refractivity contribution < 1.29 is 23.7 Å². The van der Waals surface area contributed by atoms with Crippen molar-refractivity contribution in [2.24, 2.45) is 0 Å². The molecular weight excluding hydrogens is 312 g/mol. The molecule has 3 heterocycles. The van der Waals surface area contributed by atoms with E-state index in [1.165, 1.54) is 7.05 Å². The largest absolute Gasteiger partial charge is 0.394 e. The zero-order valence-electron chi connectivity index (χ0n) is 11.9. The summed E-state index contributed by atoms with van der Waals surface area (Å²) < 4.78 is 34.9. The minimum absolute atomic E-state index is 0.0603. The predicted octanol–water partition coefficient (Wildman–Crippen LogP) is -0.401. The Labute approximate surface area is 129 Å². The van der Waals surface area contributed by atoms with Crippen molar-refractivity contribution in [2.75, 3.05) is 19.0 Å². The minimum atomic E-state index is -2.64. The van der Waals surface area contributed by atoms with Gasteiger partial charge in [-0.3, -0.25) is 4.57 Å². The van der Waals surface area contributed by atoms with Gasteiger partial charge in [0.1, 0.15) is 12.2 Å². The van der Waals surface area contributed by atoms with E-state index in [1.54, 1.807) is 0 Å². The van der Waals surface area contributed by atoms with Crippen LogP contribution in [0.1, 0.15) is 6.23 Å². The van der Waals surface area contributed by atoms with Crippen LogP contribution < -0.4 is 5.32 Å². The molecule has 8 nitrogen and oxygen atoms in total. The first-order valence-corrected chi connectivity index (χ1v) is 6.65. The number of aromatic nitrogens is 4. The van der Waals surface area contributed by atoms with E-state index in [9.17, 15) is 19.0 Å².